The molecule has 0 saturated carbocycles. The first-order valence-corrected chi connectivity index (χ1v) is 8.93. The largest absolute Gasteiger partial charge is 0.238 e. The summed E-state index contributed by atoms with van der Waals surface area (Å²) in [5, 5.41) is 5.27. The molecule has 3 nitrogen and oxygen atoms in total. The average Bonchev–Trinajstić information content (AvgIpc) is 2.44. The number of primary sulfonamides is 1. The van der Waals surface area contributed by atoms with Crippen molar-refractivity contribution in [3.63, 3.8) is 0 Å². The molecule has 0 bridgehead atoms. The zero-order chi connectivity index (χ0) is 16.4. The van der Waals surface area contributed by atoms with Crippen molar-refractivity contribution in [1.29, 1.82) is 0 Å². The quantitative estimate of drug-likeness (QED) is 0.939. The molecule has 0 amide bonds. The van der Waals surface area contributed by atoms with Gasteiger partial charge in [0.1, 0.15) is 0 Å². The van der Waals surface area contributed by atoms with Crippen molar-refractivity contribution in [3.05, 3.63) is 65.2 Å². The Hall–Kier alpha value is -1.65. The molecule has 2 N–H and O–H groups in total. The Kier molecular flexibility index (Phi) is 4.73. The van der Waals surface area contributed by atoms with Crippen LogP contribution in [0, 0.1) is 0 Å². The van der Waals surface area contributed by atoms with Crippen LogP contribution in [0.1, 0.15) is 37.5 Å². The van der Waals surface area contributed by atoms with Gasteiger partial charge in [0.15, 0.2) is 0 Å². The second-order valence-corrected chi connectivity index (χ2v) is 8.13. The Balaban J connectivity index is 2.15. The minimum Gasteiger partial charge on any atom is -0.225 e. The van der Waals surface area contributed by atoms with Crippen LogP contribution in [0.15, 0.2) is 53.4 Å². The van der Waals surface area contributed by atoms with Crippen molar-refractivity contribution in [3.8, 4) is 0 Å². The molecule has 0 aliphatic rings. The third kappa shape index (κ3) is 4.18. The van der Waals surface area contributed by atoms with Crippen LogP contribution >= 0.6 is 0 Å². The molecule has 118 valence electrons. The van der Waals surface area contributed by atoms with Gasteiger partial charge in [-0.3, -0.25) is 0 Å². The molecular weight excluding hydrogens is 294 g/mol. The molecule has 0 spiro atoms. The molecule has 0 heterocycles. The lowest BCUT2D eigenvalue weighted by Gasteiger charge is -2.19. The van der Waals surface area contributed by atoms with E-state index in [4.69, 9.17) is 5.14 Å². The summed E-state index contributed by atoms with van der Waals surface area (Å²) < 4.78 is 23.2. The van der Waals surface area contributed by atoms with Crippen molar-refractivity contribution in [1.82, 2.24) is 0 Å². The predicted molar refractivity (Wildman–Crippen MR) is 90.4 cm³/mol. The van der Waals surface area contributed by atoms with Gasteiger partial charge in [0, 0.05) is 0 Å². The first-order valence-electron chi connectivity index (χ1n) is 7.38. The summed E-state index contributed by atoms with van der Waals surface area (Å²) in [6.07, 6.45) is 1.44. The van der Waals surface area contributed by atoms with E-state index < -0.39 is 10.0 Å². The van der Waals surface area contributed by atoms with Gasteiger partial charge in [-0.2, -0.15) is 0 Å². The van der Waals surface area contributed by atoms with Gasteiger partial charge in [-0.15, -0.1) is 0 Å². The monoisotopic (exact) mass is 317 g/mol. The SMILES string of the molecule is CC(C)(C)c1ccc(CCc2ccccc2S(N)(=O)=O)cc1. The highest BCUT2D eigenvalue weighted by Gasteiger charge is 2.14. The molecule has 2 aromatic carbocycles. The molecule has 0 saturated heterocycles. The first-order chi connectivity index (χ1) is 10.2. The van der Waals surface area contributed by atoms with Crippen LogP contribution in [0.2, 0.25) is 0 Å². The van der Waals surface area contributed by atoms with Crippen LogP contribution in [0.25, 0.3) is 0 Å². The van der Waals surface area contributed by atoms with Crippen LogP contribution in [0.4, 0.5) is 0 Å². The predicted octanol–water partition coefficient (Wildman–Crippen LogP) is 3.42. The number of hydrogen-bond acceptors (Lipinski definition) is 2. The summed E-state index contributed by atoms with van der Waals surface area (Å²) in [6.45, 7) is 6.55. The van der Waals surface area contributed by atoms with Gasteiger partial charge in [-0.25, -0.2) is 13.6 Å². The summed E-state index contributed by atoms with van der Waals surface area (Å²) in [5.74, 6) is 0. The number of hydrogen-bond donors (Lipinski definition) is 1. The standard InChI is InChI=1S/C18H23NO2S/c1-18(2,3)16-12-9-14(10-13-16)8-11-15-6-4-5-7-17(15)22(19,20)21/h4-7,9-10,12-13H,8,11H2,1-3H3,(H2,19,20,21). The van der Waals surface area contributed by atoms with Crippen LogP contribution in [-0.2, 0) is 28.3 Å². The van der Waals surface area contributed by atoms with Gasteiger partial charge in [-0.05, 0) is 41.0 Å². The summed E-state index contributed by atoms with van der Waals surface area (Å²) in [5.41, 5.74) is 3.39. The highest BCUT2D eigenvalue weighted by molar-refractivity contribution is 7.89. The number of aryl methyl sites for hydroxylation is 2. The van der Waals surface area contributed by atoms with Crippen LogP contribution < -0.4 is 5.14 Å². The number of sulfonamides is 1. The van der Waals surface area contributed by atoms with Crippen LogP contribution in [-0.4, -0.2) is 8.42 Å². The topological polar surface area (TPSA) is 60.2 Å². The summed E-state index contributed by atoms with van der Waals surface area (Å²) in [4.78, 5) is 0.223. The molecule has 0 aliphatic heterocycles. The van der Waals surface area contributed by atoms with Gasteiger partial charge < -0.3 is 0 Å². The fourth-order valence-electron chi connectivity index (χ4n) is 2.44. The third-order valence-corrected chi connectivity index (χ3v) is 4.79. The van der Waals surface area contributed by atoms with E-state index in [0.29, 0.717) is 6.42 Å². The van der Waals surface area contributed by atoms with Gasteiger partial charge in [0.25, 0.3) is 0 Å². The maximum atomic E-state index is 11.6. The third-order valence-electron chi connectivity index (χ3n) is 3.78. The molecule has 0 fully saturated rings. The lowest BCUT2D eigenvalue weighted by molar-refractivity contribution is 0.589. The molecule has 22 heavy (non-hydrogen) atoms. The molecule has 0 aliphatic carbocycles. The second kappa shape index (κ2) is 6.23. The van der Waals surface area contributed by atoms with Gasteiger partial charge in [-0.1, -0.05) is 63.2 Å². The van der Waals surface area contributed by atoms with E-state index >= 15 is 0 Å². The zero-order valence-electron chi connectivity index (χ0n) is 13.3. The van der Waals surface area contributed by atoms with Crippen molar-refractivity contribution in [2.75, 3.05) is 0 Å². The van der Waals surface area contributed by atoms with E-state index in [1.165, 1.54) is 11.1 Å². The van der Waals surface area contributed by atoms with E-state index in [1.807, 2.05) is 12.1 Å². The van der Waals surface area contributed by atoms with Crippen LogP contribution in [0.3, 0.4) is 0 Å². The summed E-state index contributed by atoms with van der Waals surface area (Å²) in [7, 11) is -3.66. The number of benzene rings is 2. The molecule has 0 aromatic heterocycles. The van der Waals surface area contributed by atoms with Crippen molar-refractivity contribution in [2.45, 2.75) is 43.9 Å². The minimum absolute atomic E-state index is 0.138. The highest BCUT2D eigenvalue weighted by atomic mass is 32.2. The van der Waals surface area contributed by atoms with E-state index in [9.17, 15) is 8.42 Å². The Labute approximate surface area is 133 Å². The van der Waals surface area contributed by atoms with Crippen molar-refractivity contribution >= 4 is 10.0 Å². The molecule has 4 heteroatoms. The Morgan fingerprint density at radius 1 is 0.909 bits per heavy atom. The van der Waals surface area contributed by atoms with E-state index in [2.05, 4.69) is 45.0 Å². The average molecular weight is 317 g/mol. The van der Waals surface area contributed by atoms with Crippen molar-refractivity contribution in [2.24, 2.45) is 5.14 Å². The number of nitrogens with two attached hydrogens (primary N) is 1. The first kappa shape index (κ1) is 16.7. The Morgan fingerprint density at radius 3 is 2.05 bits per heavy atom. The van der Waals surface area contributed by atoms with Gasteiger partial charge >= 0.3 is 0 Å². The maximum absolute atomic E-state index is 11.6. The smallest absolute Gasteiger partial charge is 0.225 e. The highest BCUT2D eigenvalue weighted by Crippen LogP contribution is 2.23. The Bertz CT molecular complexity index is 741. The molecular formula is C18H23NO2S. The van der Waals surface area contributed by atoms with E-state index in [1.54, 1.807) is 12.1 Å². The van der Waals surface area contributed by atoms with E-state index in [-0.39, 0.29) is 10.3 Å². The molecule has 2 rings (SSSR count). The molecule has 0 unspecified atom stereocenters. The lowest BCUT2D eigenvalue weighted by atomic mass is 9.86. The van der Waals surface area contributed by atoms with Gasteiger partial charge in [0.05, 0.1) is 4.90 Å². The maximum Gasteiger partial charge on any atom is 0.238 e. The minimum atomic E-state index is -3.66. The molecule has 2 aromatic rings. The van der Waals surface area contributed by atoms with Crippen molar-refractivity contribution < 1.29 is 8.42 Å². The van der Waals surface area contributed by atoms with E-state index in [0.717, 1.165) is 12.0 Å². The molecule has 0 radical (unpaired) electrons. The van der Waals surface area contributed by atoms with Gasteiger partial charge in [0.2, 0.25) is 10.0 Å². The summed E-state index contributed by atoms with van der Waals surface area (Å²) in [6, 6.07) is 15.4. The van der Waals surface area contributed by atoms with Crippen LogP contribution in [0.5, 0.6) is 0 Å². The normalized spacial score (nSPS) is 12.4. The Morgan fingerprint density at radius 2 is 1.50 bits per heavy atom. The second-order valence-electron chi connectivity index (χ2n) is 6.60. The fraction of sp³-hybridized carbons (Fsp3) is 0.333. The lowest BCUT2D eigenvalue weighted by Crippen LogP contribution is -2.14. The summed E-state index contributed by atoms with van der Waals surface area (Å²) >= 11 is 0. The zero-order valence-corrected chi connectivity index (χ0v) is 14.2. The number of rotatable bonds is 4. The molecule has 0 atom stereocenters. The fourth-order valence-corrected chi connectivity index (χ4v) is 3.24.